The Hall–Kier alpha value is -4.68. The first-order valence-electron chi connectivity index (χ1n) is 11.4. The molecule has 0 bridgehead atoms. The topological polar surface area (TPSA) is 172 Å². The summed E-state index contributed by atoms with van der Waals surface area (Å²) in [5.41, 5.74) is 6.95. The lowest BCUT2D eigenvalue weighted by Gasteiger charge is -2.26. The van der Waals surface area contributed by atoms with E-state index in [1.165, 1.54) is 18.2 Å². The first kappa shape index (κ1) is 24.4. The number of anilines is 2. The van der Waals surface area contributed by atoms with Crippen molar-refractivity contribution in [1.82, 2.24) is 24.7 Å². The Kier molecular flexibility index (Phi) is 7.58. The van der Waals surface area contributed by atoms with Crippen molar-refractivity contribution in [2.75, 3.05) is 37.4 Å². The van der Waals surface area contributed by atoms with E-state index < -0.39 is 0 Å². The fourth-order valence-electron chi connectivity index (χ4n) is 3.83. The molecule has 2 aromatic heterocycles. The van der Waals surface area contributed by atoms with Crippen LogP contribution in [0.15, 0.2) is 24.3 Å². The van der Waals surface area contributed by atoms with Gasteiger partial charge in [-0.05, 0) is 43.0 Å². The molecule has 0 unspecified atom stereocenters. The molecule has 184 valence electrons. The third kappa shape index (κ3) is 5.35. The molecule has 0 radical (unpaired) electrons. The fourth-order valence-corrected chi connectivity index (χ4v) is 3.83. The number of rotatable bonds is 8. The third-order valence-electron chi connectivity index (χ3n) is 5.57. The Labute approximate surface area is 207 Å². The van der Waals surface area contributed by atoms with Gasteiger partial charge in [-0.2, -0.15) is 25.6 Å². The molecule has 3 N–H and O–H groups in total. The molecule has 1 fully saturated rings. The van der Waals surface area contributed by atoms with Gasteiger partial charge in [0.2, 0.25) is 5.95 Å². The number of hydrogen-bond acceptors (Lipinski definition) is 11. The molecule has 3 heterocycles. The number of nitriles is 2. The van der Waals surface area contributed by atoms with Crippen LogP contribution in [0.4, 0.5) is 11.8 Å². The molecule has 4 rings (SSSR count). The number of methoxy groups -OCH3 is 1. The van der Waals surface area contributed by atoms with Gasteiger partial charge in [-0.25, -0.2) is 4.68 Å². The monoisotopic (exact) mass is 487 g/mol. The molecule has 0 aliphatic carbocycles. The maximum absolute atomic E-state index is 9.76. The van der Waals surface area contributed by atoms with E-state index in [4.69, 9.17) is 15.2 Å². The summed E-state index contributed by atoms with van der Waals surface area (Å²) in [7, 11) is 1.48. The maximum atomic E-state index is 9.76. The van der Waals surface area contributed by atoms with Crippen LogP contribution in [0.2, 0.25) is 0 Å². The van der Waals surface area contributed by atoms with E-state index in [9.17, 15) is 15.6 Å². The summed E-state index contributed by atoms with van der Waals surface area (Å²) >= 11 is 0. The lowest BCUT2D eigenvalue weighted by molar-refractivity contribution is 0.270. The predicted molar refractivity (Wildman–Crippen MR) is 131 cm³/mol. The average molecular weight is 488 g/mol. The number of ether oxygens (including phenoxy) is 2. The lowest BCUT2D eigenvalue weighted by atomic mass is 10.1. The minimum Gasteiger partial charge on any atom is -0.467 e. The zero-order chi connectivity index (χ0) is 25.5. The number of hydrogen-bond donors (Lipinski definition) is 2. The van der Waals surface area contributed by atoms with E-state index in [1.807, 2.05) is 6.07 Å². The summed E-state index contributed by atoms with van der Waals surface area (Å²) < 4.78 is 12.5. The van der Waals surface area contributed by atoms with Gasteiger partial charge in [-0.15, -0.1) is 4.98 Å². The number of nitrogens with zero attached hydrogens (tertiary/aromatic N) is 8. The second-order valence-electron chi connectivity index (χ2n) is 7.96. The molecule has 1 aliphatic heterocycles. The van der Waals surface area contributed by atoms with Crippen molar-refractivity contribution < 1.29 is 14.6 Å². The number of aliphatic hydroxyl groups is 1. The van der Waals surface area contributed by atoms with Crippen molar-refractivity contribution in [3.05, 3.63) is 41.1 Å². The summed E-state index contributed by atoms with van der Waals surface area (Å²) in [6.07, 6.45) is 4.89. The van der Waals surface area contributed by atoms with Gasteiger partial charge in [-0.3, -0.25) is 0 Å². The summed E-state index contributed by atoms with van der Waals surface area (Å²) in [4.78, 5) is 15.1. The van der Waals surface area contributed by atoms with Gasteiger partial charge in [0.1, 0.15) is 35.0 Å². The fraction of sp³-hybridized carbons (Fsp3) is 0.333. The second kappa shape index (κ2) is 11.2. The third-order valence-corrected chi connectivity index (χ3v) is 5.57. The molecule has 1 saturated heterocycles. The maximum Gasteiger partial charge on any atom is 0.330 e. The molecule has 12 nitrogen and oxygen atoms in total. The van der Waals surface area contributed by atoms with E-state index in [0.29, 0.717) is 17.3 Å². The van der Waals surface area contributed by atoms with Crippen LogP contribution in [0.5, 0.6) is 17.8 Å². The van der Waals surface area contributed by atoms with Gasteiger partial charge in [-0.1, -0.05) is 12.1 Å². The molecule has 3 aromatic rings. The van der Waals surface area contributed by atoms with Gasteiger partial charge < -0.3 is 25.2 Å². The first-order chi connectivity index (χ1) is 17.6. The zero-order valence-corrected chi connectivity index (χ0v) is 19.8. The van der Waals surface area contributed by atoms with Gasteiger partial charge in [0.15, 0.2) is 0 Å². The SMILES string of the molecule is COc1nc(Oc2cccc(/C=C(\C#N)c3nn(CCO)c(N)c3C#N)c2)nc(N2CCCCC2)n1. The van der Waals surface area contributed by atoms with Crippen molar-refractivity contribution in [3.8, 4) is 29.9 Å². The highest BCUT2D eigenvalue weighted by atomic mass is 16.5. The van der Waals surface area contributed by atoms with Crippen molar-refractivity contribution in [2.45, 2.75) is 25.8 Å². The number of allylic oxidation sites excluding steroid dienone is 1. The summed E-state index contributed by atoms with van der Waals surface area (Å²) in [6, 6.07) is 11.3. The highest BCUT2D eigenvalue weighted by Gasteiger charge is 2.20. The number of benzene rings is 1. The smallest absolute Gasteiger partial charge is 0.330 e. The summed E-state index contributed by atoms with van der Waals surface area (Å²) in [6.45, 7) is 1.61. The minimum absolute atomic E-state index is 0.0752. The van der Waals surface area contributed by atoms with Crippen LogP contribution < -0.4 is 20.1 Å². The summed E-state index contributed by atoms with van der Waals surface area (Å²) in [5.74, 6) is 1.03. The van der Waals surface area contributed by atoms with Gasteiger partial charge in [0, 0.05) is 13.1 Å². The standard InChI is InChI=1S/C24H25N9O3/c1-35-23-28-22(32-8-3-2-4-9-32)29-24(30-23)36-18-7-5-6-16(13-18)12-17(14-25)20-19(15-26)21(27)33(31-20)10-11-34/h5-7,12-13,34H,2-4,8-11,27H2,1H3/b17-12+. The van der Waals surface area contributed by atoms with Crippen molar-refractivity contribution in [1.29, 1.82) is 10.5 Å². The largest absolute Gasteiger partial charge is 0.467 e. The minimum atomic E-state index is -0.206. The number of nitrogen functional groups attached to an aromatic ring is 1. The number of aromatic nitrogens is 5. The Balaban J connectivity index is 1.63. The van der Waals surface area contributed by atoms with E-state index >= 15 is 0 Å². The zero-order valence-electron chi connectivity index (χ0n) is 19.8. The number of aliphatic hydroxyl groups excluding tert-OH is 1. The number of nitrogens with two attached hydrogens (primary N) is 1. The predicted octanol–water partition coefficient (Wildman–Crippen LogP) is 2.37. The average Bonchev–Trinajstić information content (AvgIpc) is 3.22. The molecule has 0 amide bonds. The molecule has 0 spiro atoms. The van der Waals surface area contributed by atoms with Crippen LogP contribution in [-0.4, -0.2) is 56.6 Å². The van der Waals surface area contributed by atoms with Crippen LogP contribution in [0.25, 0.3) is 11.6 Å². The molecular weight excluding hydrogens is 462 g/mol. The Morgan fingerprint density at radius 1 is 1.17 bits per heavy atom. The Morgan fingerprint density at radius 3 is 2.64 bits per heavy atom. The Bertz CT molecular complexity index is 1350. The van der Waals surface area contributed by atoms with Gasteiger partial charge in [0.25, 0.3) is 0 Å². The molecule has 36 heavy (non-hydrogen) atoms. The number of piperidine rings is 1. The van der Waals surface area contributed by atoms with Crippen LogP contribution in [-0.2, 0) is 6.54 Å². The van der Waals surface area contributed by atoms with Crippen LogP contribution >= 0.6 is 0 Å². The highest BCUT2D eigenvalue weighted by molar-refractivity contribution is 5.91. The first-order valence-corrected chi connectivity index (χ1v) is 11.4. The summed E-state index contributed by atoms with van der Waals surface area (Å²) in [5, 5.41) is 32.7. The molecule has 1 aliphatic rings. The molecular formula is C24H25N9O3. The van der Waals surface area contributed by atoms with Gasteiger partial charge in [0.05, 0.1) is 25.8 Å². The molecule has 0 saturated carbocycles. The second-order valence-corrected chi connectivity index (χ2v) is 7.96. The van der Waals surface area contributed by atoms with E-state index in [1.54, 1.807) is 30.3 Å². The van der Waals surface area contributed by atoms with Crippen LogP contribution in [0.3, 0.4) is 0 Å². The Morgan fingerprint density at radius 2 is 1.94 bits per heavy atom. The lowest BCUT2D eigenvalue weighted by Crippen LogP contribution is -2.31. The van der Waals surface area contributed by atoms with E-state index in [2.05, 4.69) is 31.0 Å². The van der Waals surface area contributed by atoms with E-state index in [0.717, 1.165) is 25.9 Å². The molecule has 0 atom stereocenters. The highest BCUT2D eigenvalue weighted by Crippen LogP contribution is 2.28. The normalized spacial score (nSPS) is 13.7. The van der Waals surface area contributed by atoms with Gasteiger partial charge >= 0.3 is 12.0 Å². The van der Waals surface area contributed by atoms with Crippen LogP contribution in [0, 0.1) is 22.7 Å². The van der Waals surface area contributed by atoms with Crippen molar-refractivity contribution >= 4 is 23.4 Å². The van der Waals surface area contributed by atoms with E-state index in [-0.39, 0.29) is 47.8 Å². The molecule has 1 aromatic carbocycles. The quantitative estimate of drug-likeness (QED) is 0.447. The molecule has 12 heteroatoms. The van der Waals surface area contributed by atoms with Crippen molar-refractivity contribution in [3.63, 3.8) is 0 Å². The van der Waals surface area contributed by atoms with Crippen LogP contribution in [0.1, 0.15) is 36.1 Å². The van der Waals surface area contributed by atoms with Crippen molar-refractivity contribution in [2.24, 2.45) is 0 Å².